The third-order valence-electron chi connectivity index (χ3n) is 5.99. The Labute approximate surface area is 187 Å². The third kappa shape index (κ3) is 3.86. The molecule has 0 radical (unpaired) electrons. The first-order chi connectivity index (χ1) is 15.1. The van der Waals surface area contributed by atoms with Gasteiger partial charge in [-0.2, -0.15) is 5.26 Å². The maximum Gasteiger partial charge on any atom is 0.161 e. The normalized spacial score (nSPS) is 18.8. The number of benzene rings is 1. The van der Waals surface area contributed by atoms with Crippen LogP contribution in [0.4, 0.5) is 5.69 Å². The fourth-order valence-electron chi connectivity index (χ4n) is 4.43. The van der Waals surface area contributed by atoms with Crippen LogP contribution in [0.15, 0.2) is 59.1 Å². The molecule has 160 valence electrons. The van der Waals surface area contributed by atoms with Gasteiger partial charge in [0.1, 0.15) is 11.6 Å². The van der Waals surface area contributed by atoms with Crippen molar-refractivity contribution in [2.75, 3.05) is 12.0 Å². The van der Waals surface area contributed by atoms with Crippen molar-refractivity contribution in [2.24, 2.45) is 5.73 Å². The van der Waals surface area contributed by atoms with Crippen LogP contribution in [0.1, 0.15) is 54.7 Å². The van der Waals surface area contributed by atoms with E-state index in [4.69, 9.17) is 10.5 Å². The Morgan fingerprint density at radius 1 is 1.23 bits per heavy atom. The number of thiophene rings is 1. The van der Waals surface area contributed by atoms with Crippen molar-refractivity contribution < 1.29 is 9.53 Å². The van der Waals surface area contributed by atoms with Crippen LogP contribution in [0.5, 0.6) is 5.75 Å². The highest BCUT2D eigenvalue weighted by Gasteiger charge is 2.40. The standard InChI is InChI=1S/C25H27N3O2S/c1-3-4-6-18-13-14-22(31-18)23-19(15-26)25(27)28(16-9-11-17(30-2)12-10-16)20-7-5-8-21(29)24(20)23/h9-14,23H,3-8,27H2,1-2H3. The number of carbonyl (C=O) groups excluding carboxylic acids is 1. The van der Waals surface area contributed by atoms with E-state index in [1.807, 2.05) is 29.2 Å². The van der Waals surface area contributed by atoms with Gasteiger partial charge in [-0.1, -0.05) is 13.3 Å². The van der Waals surface area contributed by atoms with E-state index in [2.05, 4.69) is 25.1 Å². The summed E-state index contributed by atoms with van der Waals surface area (Å²) in [6, 6.07) is 14.1. The number of anilines is 1. The summed E-state index contributed by atoms with van der Waals surface area (Å²) < 4.78 is 5.28. The number of Topliss-reactive ketones (excluding diaryl/α,β-unsaturated/α-hetero) is 1. The molecular weight excluding hydrogens is 406 g/mol. The molecule has 0 fully saturated rings. The van der Waals surface area contributed by atoms with Crippen molar-refractivity contribution >= 4 is 22.8 Å². The zero-order valence-electron chi connectivity index (χ0n) is 18.0. The van der Waals surface area contributed by atoms with Gasteiger partial charge < -0.3 is 10.5 Å². The average Bonchev–Trinajstić information content (AvgIpc) is 3.26. The number of nitrogens with two attached hydrogens (primary N) is 1. The molecule has 5 nitrogen and oxygen atoms in total. The number of ether oxygens (including phenoxy) is 1. The molecule has 2 aliphatic rings. The number of unbranched alkanes of at least 4 members (excludes halogenated alkanes) is 1. The molecule has 0 saturated carbocycles. The third-order valence-corrected chi connectivity index (χ3v) is 7.20. The zero-order valence-corrected chi connectivity index (χ0v) is 18.8. The van der Waals surface area contributed by atoms with Crippen LogP contribution < -0.4 is 15.4 Å². The van der Waals surface area contributed by atoms with E-state index < -0.39 is 0 Å². The first kappa shape index (κ1) is 21.2. The minimum atomic E-state index is -0.373. The smallest absolute Gasteiger partial charge is 0.161 e. The Kier molecular flexibility index (Phi) is 6.15. The SMILES string of the molecule is CCCCc1ccc(C2C(C#N)=C(N)N(c3ccc(OC)cc3)C3=C2C(=O)CCC3)s1. The maximum absolute atomic E-state index is 13.2. The second kappa shape index (κ2) is 8.99. The molecule has 0 saturated heterocycles. The lowest BCUT2D eigenvalue weighted by Gasteiger charge is -2.39. The van der Waals surface area contributed by atoms with Gasteiger partial charge in [-0.3, -0.25) is 9.69 Å². The zero-order chi connectivity index (χ0) is 22.0. The monoisotopic (exact) mass is 433 g/mol. The van der Waals surface area contributed by atoms with Crippen LogP contribution in [0, 0.1) is 11.3 Å². The lowest BCUT2D eigenvalue weighted by atomic mass is 9.78. The Hall–Kier alpha value is -3.04. The van der Waals surface area contributed by atoms with Gasteiger partial charge in [-0.25, -0.2) is 0 Å². The number of hydrogen-bond acceptors (Lipinski definition) is 6. The molecule has 6 heteroatoms. The molecule has 1 aromatic heterocycles. The summed E-state index contributed by atoms with van der Waals surface area (Å²) in [5.41, 5.74) is 9.56. The van der Waals surface area contributed by atoms with Gasteiger partial charge in [0.2, 0.25) is 0 Å². The predicted molar refractivity (Wildman–Crippen MR) is 124 cm³/mol. The number of rotatable bonds is 6. The number of aryl methyl sites for hydroxylation is 1. The van der Waals surface area contributed by atoms with Gasteiger partial charge in [-0.05, 0) is 62.1 Å². The first-order valence-electron chi connectivity index (χ1n) is 10.8. The molecule has 1 atom stereocenters. The molecule has 1 unspecified atom stereocenters. The van der Waals surface area contributed by atoms with E-state index in [1.165, 1.54) is 4.88 Å². The highest BCUT2D eigenvalue weighted by atomic mass is 32.1. The molecule has 4 rings (SSSR count). The quantitative estimate of drug-likeness (QED) is 0.659. The minimum Gasteiger partial charge on any atom is -0.497 e. The molecule has 1 aliphatic heterocycles. The van der Waals surface area contributed by atoms with Crippen molar-refractivity contribution in [2.45, 2.75) is 51.4 Å². The van der Waals surface area contributed by atoms with Crippen molar-refractivity contribution in [1.82, 2.24) is 0 Å². The van der Waals surface area contributed by atoms with Crippen LogP contribution in [-0.4, -0.2) is 12.9 Å². The summed E-state index contributed by atoms with van der Waals surface area (Å²) in [4.78, 5) is 17.4. The predicted octanol–water partition coefficient (Wildman–Crippen LogP) is 5.40. The number of methoxy groups -OCH3 is 1. The van der Waals surface area contributed by atoms with Crippen LogP contribution in [0.25, 0.3) is 0 Å². The summed E-state index contributed by atoms with van der Waals surface area (Å²) in [6.45, 7) is 2.18. The molecule has 0 spiro atoms. The Morgan fingerprint density at radius 3 is 2.68 bits per heavy atom. The largest absolute Gasteiger partial charge is 0.497 e. The van der Waals surface area contributed by atoms with Crippen molar-refractivity contribution in [3.8, 4) is 11.8 Å². The fraction of sp³-hybridized carbons (Fsp3) is 0.360. The van der Waals surface area contributed by atoms with Gasteiger partial charge in [0.25, 0.3) is 0 Å². The molecule has 2 N–H and O–H groups in total. The van der Waals surface area contributed by atoms with E-state index in [9.17, 15) is 10.1 Å². The summed E-state index contributed by atoms with van der Waals surface area (Å²) in [6.07, 6.45) is 5.35. The lowest BCUT2D eigenvalue weighted by molar-refractivity contribution is -0.116. The van der Waals surface area contributed by atoms with Crippen LogP contribution >= 0.6 is 11.3 Å². The van der Waals surface area contributed by atoms with Gasteiger partial charge in [0.05, 0.1) is 24.7 Å². The van der Waals surface area contributed by atoms with Crippen LogP contribution in [0.2, 0.25) is 0 Å². The Bertz CT molecular complexity index is 1090. The van der Waals surface area contributed by atoms with Crippen molar-refractivity contribution in [3.63, 3.8) is 0 Å². The summed E-state index contributed by atoms with van der Waals surface area (Å²) in [5, 5.41) is 10.1. The number of nitrogens with zero attached hydrogens (tertiary/aromatic N) is 2. The summed E-state index contributed by atoms with van der Waals surface area (Å²) in [5.74, 6) is 0.902. The molecular formula is C25H27N3O2S. The molecule has 2 heterocycles. The first-order valence-corrected chi connectivity index (χ1v) is 11.6. The molecule has 2 aromatic rings. The number of hydrogen-bond donors (Lipinski definition) is 1. The average molecular weight is 434 g/mol. The van der Waals surface area contributed by atoms with Gasteiger partial charge in [0.15, 0.2) is 5.78 Å². The van der Waals surface area contributed by atoms with E-state index in [0.717, 1.165) is 59.7 Å². The van der Waals surface area contributed by atoms with Crippen molar-refractivity contribution in [3.05, 3.63) is 68.8 Å². The Morgan fingerprint density at radius 2 is 2.00 bits per heavy atom. The molecule has 1 aliphatic carbocycles. The Balaban J connectivity index is 1.84. The number of allylic oxidation sites excluding steroid dienone is 3. The van der Waals surface area contributed by atoms with Crippen LogP contribution in [0.3, 0.4) is 0 Å². The second-order valence-electron chi connectivity index (χ2n) is 7.92. The summed E-state index contributed by atoms with van der Waals surface area (Å²) in [7, 11) is 1.62. The van der Waals surface area contributed by atoms with E-state index >= 15 is 0 Å². The van der Waals surface area contributed by atoms with Gasteiger partial charge >= 0.3 is 0 Å². The number of carbonyl (C=O) groups is 1. The van der Waals surface area contributed by atoms with Gasteiger partial charge in [-0.15, -0.1) is 11.3 Å². The molecule has 0 amide bonds. The number of nitriles is 1. The van der Waals surface area contributed by atoms with Crippen LogP contribution in [-0.2, 0) is 11.2 Å². The number of ketones is 1. The second-order valence-corrected chi connectivity index (χ2v) is 9.12. The van der Waals surface area contributed by atoms with E-state index in [0.29, 0.717) is 17.8 Å². The van der Waals surface area contributed by atoms with Crippen molar-refractivity contribution in [1.29, 1.82) is 5.26 Å². The highest BCUT2D eigenvalue weighted by Crippen LogP contribution is 2.47. The van der Waals surface area contributed by atoms with E-state index in [1.54, 1.807) is 18.4 Å². The molecule has 0 bridgehead atoms. The fourth-order valence-corrected chi connectivity index (χ4v) is 5.61. The highest BCUT2D eigenvalue weighted by molar-refractivity contribution is 7.12. The topological polar surface area (TPSA) is 79.3 Å². The molecule has 1 aromatic carbocycles. The minimum absolute atomic E-state index is 0.119. The summed E-state index contributed by atoms with van der Waals surface area (Å²) >= 11 is 1.70. The van der Waals surface area contributed by atoms with E-state index in [-0.39, 0.29) is 11.7 Å². The lowest BCUT2D eigenvalue weighted by Crippen LogP contribution is -2.38. The molecule has 31 heavy (non-hydrogen) atoms. The van der Waals surface area contributed by atoms with Gasteiger partial charge in [0, 0.05) is 33.1 Å². The maximum atomic E-state index is 13.2.